The zero-order valence-electron chi connectivity index (χ0n) is 13.4. The van der Waals surface area contributed by atoms with Gasteiger partial charge in [0.05, 0.1) is 19.3 Å². The quantitative estimate of drug-likeness (QED) is 0.799. The molecule has 0 aromatic carbocycles. The van der Waals surface area contributed by atoms with Crippen molar-refractivity contribution in [1.29, 1.82) is 0 Å². The molecule has 1 unspecified atom stereocenters. The van der Waals surface area contributed by atoms with E-state index in [1.807, 2.05) is 20.8 Å². The lowest BCUT2D eigenvalue weighted by Crippen LogP contribution is -2.45. The maximum atomic E-state index is 12.1. The standard InChI is InChI=1S/C17H27NO3/c1-17(2,3)21-16(19)18-11-7-10-15(12-18)20-13-14-8-5-4-6-9-14/h4-6,8,14-15H,7,9-13H2,1-3H3/t14?,15-/m1/s1. The molecular formula is C17H27NO3. The van der Waals surface area contributed by atoms with Gasteiger partial charge in [0.15, 0.2) is 0 Å². The van der Waals surface area contributed by atoms with Gasteiger partial charge in [0.1, 0.15) is 5.60 Å². The molecule has 2 aliphatic rings. The minimum absolute atomic E-state index is 0.130. The Kier molecular flexibility index (Phi) is 5.45. The fourth-order valence-electron chi connectivity index (χ4n) is 2.58. The summed E-state index contributed by atoms with van der Waals surface area (Å²) in [5, 5.41) is 0. The van der Waals surface area contributed by atoms with Crippen molar-refractivity contribution in [2.75, 3.05) is 19.7 Å². The summed E-state index contributed by atoms with van der Waals surface area (Å²) in [4.78, 5) is 13.9. The lowest BCUT2D eigenvalue weighted by molar-refractivity contribution is -0.0257. The van der Waals surface area contributed by atoms with Gasteiger partial charge < -0.3 is 14.4 Å². The van der Waals surface area contributed by atoms with E-state index in [4.69, 9.17) is 9.47 Å². The summed E-state index contributed by atoms with van der Waals surface area (Å²) in [6.45, 7) is 7.82. The number of hydrogen-bond acceptors (Lipinski definition) is 3. The number of rotatable bonds is 3. The predicted octanol–water partition coefficient (Wildman–Crippen LogP) is 3.53. The van der Waals surface area contributed by atoms with Gasteiger partial charge >= 0.3 is 6.09 Å². The Morgan fingerprint density at radius 2 is 2.14 bits per heavy atom. The first-order valence-electron chi connectivity index (χ1n) is 7.87. The van der Waals surface area contributed by atoms with Crippen LogP contribution in [0.2, 0.25) is 0 Å². The Balaban J connectivity index is 1.76. The molecule has 0 spiro atoms. The maximum absolute atomic E-state index is 12.1. The van der Waals surface area contributed by atoms with Crippen molar-refractivity contribution in [2.45, 2.75) is 51.7 Å². The van der Waals surface area contributed by atoms with Gasteiger partial charge in [-0.3, -0.25) is 0 Å². The van der Waals surface area contributed by atoms with E-state index in [1.165, 1.54) is 0 Å². The number of likely N-dealkylation sites (tertiary alicyclic amines) is 1. The summed E-state index contributed by atoms with van der Waals surface area (Å²) < 4.78 is 11.4. The third-order valence-corrected chi connectivity index (χ3v) is 3.65. The highest BCUT2D eigenvalue weighted by atomic mass is 16.6. The third-order valence-electron chi connectivity index (χ3n) is 3.65. The van der Waals surface area contributed by atoms with Gasteiger partial charge in [-0.05, 0) is 40.0 Å². The fourth-order valence-corrected chi connectivity index (χ4v) is 2.58. The average Bonchev–Trinajstić information content (AvgIpc) is 2.45. The van der Waals surface area contributed by atoms with Crippen molar-refractivity contribution in [3.63, 3.8) is 0 Å². The third kappa shape index (κ3) is 5.54. The molecule has 1 aliphatic heterocycles. The Hall–Kier alpha value is -1.29. The highest BCUT2D eigenvalue weighted by Crippen LogP contribution is 2.19. The van der Waals surface area contributed by atoms with Gasteiger partial charge in [-0.2, -0.15) is 0 Å². The van der Waals surface area contributed by atoms with Crippen LogP contribution in [0.3, 0.4) is 0 Å². The van der Waals surface area contributed by atoms with Crippen LogP contribution in [0.4, 0.5) is 4.79 Å². The molecule has 21 heavy (non-hydrogen) atoms. The number of piperidine rings is 1. The van der Waals surface area contributed by atoms with E-state index in [0.29, 0.717) is 12.5 Å². The van der Waals surface area contributed by atoms with Crippen LogP contribution in [-0.2, 0) is 9.47 Å². The zero-order valence-corrected chi connectivity index (χ0v) is 13.4. The lowest BCUT2D eigenvalue weighted by Gasteiger charge is -2.34. The van der Waals surface area contributed by atoms with Crippen molar-refractivity contribution >= 4 is 6.09 Å². The second kappa shape index (κ2) is 7.12. The summed E-state index contributed by atoms with van der Waals surface area (Å²) in [5.41, 5.74) is -0.440. The molecule has 0 saturated carbocycles. The predicted molar refractivity (Wildman–Crippen MR) is 83.2 cm³/mol. The Labute approximate surface area is 127 Å². The molecule has 4 heteroatoms. The molecule has 1 aliphatic carbocycles. The van der Waals surface area contributed by atoms with Gasteiger partial charge in [-0.25, -0.2) is 4.79 Å². The number of ether oxygens (including phenoxy) is 2. The minimum Gasteiger partial charge on any atom is -0.444 e. The van der Waals surface area contributed by atoms with E-state index < -0.39 is 5.60 Å². The topological polar surface area (TPSA) is 38.8 Å². The molecule has 0 bridgehead atoms. The number of carbonyl (C=O) groups is 1. The van der Waals surface area contributed by atoms with Crippen LogP contribution in [0, 0.1) is 5.92 Å². The molecule has 1 fully saturated rings. The van der Waals surface area contributed by atoms with Crippen LogP contribution in [0.1, 0.15) is 40.0 Å². The first-order chi connectivity index (χ1) is 9.94. The Morgan fingerprint density at radius 3 is 2.81 bits per heavy atom. The van der Waals surface area contributed by atoms with Gasteiger partial charge in [0, 0.05) is 12.5 Å². The van der Waals surface area contributed by atoms with E-state index in [0.717, 1.165) is 32.4 Å². The molecule has 4 nitrogen and oxygen atoms in total. The maximum Gasteiger partial charge on any atom is 0.410 e. The molecule has 0 aromatic rings. The van der Waals surface area contributed by atoms with Crippen LogP contribution in [0.5, 0.6) is 0 Å². The van der Waals surface area contributed by atoms with Crippen LogP contribution in [0.15, 0.2) is 24.3 Å². The molecule has 2 atom stereocenters. The molecule has 1 heterocycles. The number of hydrogen-bond donors (Lipinski definition) is 0. The summed E-state index contributed by atoms with van der Waals surface area (Å²) >= 11 is 0. The van der Waals surface area contributed by atoms with Crippen molar-refractivity contribution in [3.8, 4) is 0 Å². The summed E-state index contributed by atoms with van der Waals surface area (Å²) in [7, 11) is 0. The monoisotopic (exact) mass is 293 g/mol. The number of amides is 1. The molecule has 1 saturated heterocycles. The SMILES string of the molecule is CC(C)(C)OC(=O)N1CCC[C@@H](OCC2C=CC=CC2)C1. The van der Waals surface area contributed by atoms with Gasteiger partial charge in [0.25, 0.3) is 0 Å². The number of allylic oxidation sites excluding steroid dienone is 3. The average molecular weight is 293 g/mol. The van der Waals surface area contributed by atoms with Gasteiger partial charge in [-0.15, -0.1) is 0 Å². The van der Waals surface area contributed by atoms with Crippen LogP contribution >= 0.6 is 0 Å². The van der Waals surface area contributed by atoms with Gasteiger partial charge in [0.2, 0.25) is 0 Å². The smallest absolute Gasteiger partial charge is 0.410 e. The zero-order chi connectivity index (χ0) is 15.3. The van der Waals surface area contributed by atoms with Crippen molar-refractivity contribution in [1.82, 2.24) is 4.90 Å². The fraction of sp³-hybridized carbons (Fsp3) is 0.706. The van der Waals surface area contributed by atoms with Crippen LogP contribution in [-0.4, -0.2) is 42.4 Å². The highest BCUT2D eigenvalue weighted by molar-refractivity contribution is 5.68. The van der Waals surface area contributed by atoms with E-state index in [2.05, 4.69) is 24.3 Å². The molecule has 0 aromatic heterocycles. The highest BCUT2D eigenvalue weighted by Gasteiger charge is 2.28. The molecule has 0 radical (unpaired) electrons. The van der Waals surface area contributed by atoms with Crippen molar-refractivity contribution in [3.05, 3.63) is 24.3 Å². The van der Waals surface area contributed by atoms with E-state index >= 15 is 0 Å². The molecule has 118 valence electrons. The normalized spacial score (nSPS) is 26.0. The lowest BCUT2D eigenvalue weighted by atomic mass is 10.0. The molecule has 2 rings (SSSR count). The van der Waals surface area contributed by atoms with E-state index in [-0.39, 0.29) is 12.2 Å². The Morgan fingerprint density at radius 1 is 1.33 bits per heavy atom. The first-order valence-corrected chi connectivity index (χ1v) is 7.87. The van der Waals surface area contributed by atoms with Crippen LogP contribution in [0.25, 0.3) is 0 Å². The van der Waals surface area contributed by atoms with Crippen molar-refractivity contribution < 1.29 is 14.3 Å². The second-order valence-electron chi connectivity index (χ2n) is 6.83. The second-order valence-corrected chi connectivity index (χ2v) is 6.83. The molecule has 0 N–H and O–H groups in total. The molecule has 1 amide bonds. The van der Waals surface area contributed by atoms with E-state index in [1.54, 1.807) is 4.90 Å². The van der Waals surface area contributed by atoms with Crippen LogP contribution < -0.4 is 0 Å². The summed E-state index contributed by atoms with van der Waals surface area (Å²) in [6, 6.07) is 0. The van der Waals surface area contributed by atoms with E-state index in [9.17, 15) is 4.79 Å². The first kappa shape index (κ1) is 16.1. The molecular weight excluding hydrogens is 266 g/mol. The Bertz CT molecular complexity index is 409. The summed E-state index contributed by atoms with van der Waals surface area (Å²) in [6.07, 6.45) is 11.4. The number of carbonyl (C=O) groups excluding carboxylic acids is 1. The number of nitrogens with zero attached hydrogens (tertiary/aromatic N) is 1. The largest absolute Gasteiger partial charge is 0.444 e. The van der Waals surface area contributed by atoms with Crippen molar-refractivity contribution in [2.24, 2.45) is 5.92 Å². The van der Waals surface area contributed by atoms with Gasteiger partial charge in [-0.1, -0.05) is 24.3 Å². The minimum atomic E-state index is -0.440. The summed E-state index contributed by atoms with van der Waals surface area (Å²) in [5.74, 6) is 0.465.